The van der Waals surface area contributed by atoms with Gasteiger partial charge in [-0.15, -0.1) is 11.3 Å². The molecule has 6 heteroatoms. The molecule has 0 radical (unpaired) electrons. The molecule has 2 aromatic heterocycles. The molecular weight excluding hydrogens is 248 g/mol. The van der Waals surface area contributed by atoms with Crippen LogP contribution < -0.4 is 5.73 Å². The van der Waals surface area contributed by atoms with Crippen LogP contribution in [0.2, 0.25) is 0 Å². The third-order valence-corrected chi connectivity index (χ3v) is 3.31. The lowest BCUT2D eigenvalue weighted by Crippen LogP contribution is -2.26. The molecule has 18 heavy (non-hydrogen) atoms. The maximum Gasteiger partial charge on any atom is 0.272 e. The number of carbonyl (C=O) groups is 1. The highest BCUT2D eigenvalue weighted by Crippen LogP contribution is 2.14. The smallest absolute Gasteiger partial charge is 0.272 e. The minimum atomic E-state index is -0.124. The number of rotatable bonds is 3. The number of aryl methyl sites for hydroxylation is 1. The van der Waals surface area contributed by atoms with Crippen molar-refractivity contribution in [2.45, 2.75) is 13.5 Å². The molecule has 0 aliphatic heterocycles. The summed E-state index contributed by atoms with van der Waals surface area (Å²) in [6, 6.07) is 3.30. The first-order valence-corrected chi connectivity index (χ1v) is 6.26. The number of aromatic nitrogens is 2. The normalized spacial score (nSPS) is 10.3. The van der Waals surface area contributed by atoms with Crippen molar-refractivity contribution in [2.75, 3.05) is 12.8 Å². The molecule has 0 saturated heterocycles. The van der Waals surface area contributed by atoms with Crippen LogP contribution in [0.15, 0.2) is 24.5 Å². The Morgan fingerprint density at radius 1 is 1.39 bits per heavy atom. The van der Waals surface area contributed by atoms with Crippen LogP contribution >= 0.6 is 11.3 Å². The van der Waals surface area contributed by atoms with Crippen LogP contribution in [0.1, 0.15) is 20.4 Å². The molecule has 5 nitrogen and oxygen atoms in total. The predicted octanol–water partition coefficient (Wildman–Crippen LogP) is 1.70. The van der Waals surface area contributed by atoms with Crippen LogP contribution in [0.4, 0.5) is 5.69 Å². The fraction of sp³-hybridized carbons (Fsp3) is 0.250. The van der Waals surface area contributed by atoms with Crippen molar-refractivity contribution in [3.8, 4) is 0 Å². The molecule has 1 amide bonds. The quantitative estimate of drug-likeness (QED) is 0.913. The molecule has 0 aliphatic rings. The lowest BCUT2D eigenvalue weighted by molar-refractivity contribution is 0.0780. The van der Waals surface area contributed by atoms with Crippen LogP contribution in [0.3, 0.4) is 0 Å². The van der Waals surface area contributed by atoms with Gasteiger partial charge in [-0.1, -0.05) is 0 Å². The Labute approximate surface area is 109 Å². The molecule has 0 aromatic carbocycles. The molecule has 2 heterocycles. The zero-order valence-electron chi connectivity index (χ0n) is 10.3. The SMILES string of the molecule is Cc1ncc(CN(C)C(=O)c2ccc(N)cn2)s1. The summed E-state index contributed by atoms with van der Waals surface area (Å²) >= 11 is 1.59. The van der Waals surface area contributed by atoms with Gasteiger partial charge in [-0.2, -0.15) is 0 Å². The molecule has 0 spiro atoms. The topological polar surface area (TPSA) is 72.1 Å². The van der Waals surface area contributed by atoms with Crippen molar-refractivity contribution in [1.29, 1.82) is 0 Å². The van der Waals surface area contributed by atoms with Crippen LogP contribution in [0, 0.1) is 6.92 Å². The number of nitrogens with zero attached hydrogens (tertiary/aromatic N) is 3. The first kappa shape index (κ1) is 12.5. The highest BCUT2D eigenvalue weighted by atomic mass is 32.1. The van der Waals surface area contributed by atoms with Crippen LogP contribution in [0.25, 0.3) is 0 Å². The molecule has 94 valence electrons. The van der Waals surface area contributed by atoms with Crippen molar-refractivity contribution < 1.29 is 4.79 Å². The van der Waals surface area contributed by atoms with Gasteiger partial charge in [-0.25, -0.2) is 9.97 Å². The largest absolute Gasteiger partial charge is 0.397 e. The average molecular weight is 262 g/mol. The fourth-order valence-corrected chi connectivity index (χ4v) is 2.36. The second kappa shape index (κ2) is 5.14. The first-order chi connectivity index (χ1) is 8.56. The highest BCUT2D eigenvalue weighted by Gasteiger charge is 2.14. The molecule has 0 bridgehead atoms. The first-order valence-electron chi connectivity index (χ1n) is 5.44. The fourth-order valence-electron chi connectivity index (χ4n) is 1.51. The van der Waals surface area contributed by atoms with Gasteiger partial charge in [0.2, 0.25) is 0 Å². The number of nitrogens with two attached hydrogens (primary N) is 1. The molecule has 2 N–H and O–H groups in total. The number of nitrogen functional groups attached to an aromatic ring is 1. The molecule has 0 fully saturated rings. The number of carbonyl (C=O) groups excluding carboxylic acids is 1. The van der Waals surface area contributed by atoms with Crippen molar-refractivity contribution in [3.63, 3.8) is 0 Å². The van der Waals surface area contributed by atoms with Gasteiger partial charge in [0.1, 0.15) is 5.69 Å². The van der Waals surface area contributed by atoms with E-state index in [0.717, 1.165) is 9.88 Å². The lowest BCUT2D eigenvalue weighted by Gasteiger charge is -2.15. The molecule has 2 aromatic rings. The van der Waals surface area contributed by atoms with E-state index in [1.54, 1.807) is 41.6 Å². The Morgan fingerprint density at radius 3 is 2.72 bits per heavy atom. The Hall–Kier alpha value is -1.95. The van der Waals surface area contributed by atoms with E-state index < -0.39 is 0 Å². The Bertz CT molecular complexity index is 549. The number of pyridine rings is 1. The van der Waals surface area contributed by atoms with Gasteiger partial charge in [-0.05, 0) is 19.1 Å². The van der Waals surface area contributed by atoms with E-state index in [-0.39, 0.29) is 5.91 Å². The van der Waals surface area contributed by atoms with E-state index in [4.69, 9.17) is 5.73 Å². The van der Waals surface area contributed by atoms with Gasteiger partial charge >= 0.3 is 0 Å². The molecule has 2 rings (SSSR count). The van der Waals surface area contributed by atoms with Crippen molar-refractivity contribution in [1.82, 2.24) is 14.9 Å². The third kappa shape index (κ3) is 2.84. The maximum absolute atomic E-state index is 12.1. The summed E-state index contributed by atoms with van der Waals surface area (Å²) in [5, 5.41) is 0.997. The van der Waals surface area contributed by atoms with Gasteiger partial charge in [0, 0.05) is 18.1 Å². The zero-order valence-corrected chi connectivity index (χ0v) is 11.1. The summed E-state index contributed by atoms with van der Waals surface area (Å²) in [7, 11) is 1.75. The minimum Gasteiger partial charge on any atom is -0.397 e. The Morgan fingerprint density at radius 2 is 2.17 bits per heavy atom. The minimum absolute atomic E-state index is 0.124. The second-order valence-corrected chi connectivity index (χ2v) is 5.30. The monoisotopic (exact) mass is 262 g/mol. The van der Waals surface area contributed by atoms with Crippen LogP contribution in [-0.4, -0.2) is 27.8 Å². The van der Waals surface area contributed by atoms with E-state index >= 15 is 0 Å². The molecule has 0 saturated carbocycles. The van der Waals surface area contributed by atoms with Gasteiger partial charge in [0.15, 0.2) is 0 Å². The Balaban J connectivity index is 2.07. The standard InChI is InChI=1S/C12H14N4OS/c1-8-14-6-10(18-8)7-16(2)12(17)11-4-3-9(13)5-15-11/h3-6H,7,13H2,1-2H3. The van der Waals surface area contributed by atoms with Crippen LogP contribution in [0.5, 0.6) is 0 Å². The molecule has 0 atom stereocenters. The number of thiazole rings is 1. The average Bonchev–Trinajstić information content (AvgIpc) is 2.75. The number of anilines is 1. The van der Waals surface area contributed by atoms with E-state index in [1.807, 2.05) is 6.92 Å². The summed E-state index contributed by atoms with van der Waals surface area (Å²) in [6.45, 7) is 2.48. The second-order valence-electron chi connectivity index (χ2n) is 3.98. The van der Waals surface area contributed by atoms with Gasteiger partial charge < -0.3 is 10.6 Å². The molecule has 0 aliphatic carbocycles. The summed E-state index contributed by atoms with van der Waals surface area (Å²) < 4.78 is 0. The van der Waals surface area contributed by atoms with E-state index in [1.165, 1.54) is 6.20 Å². The van der Waals surface area contributed by atoms with Crippen molar-refractivity contribution in [3.05, 3.63) is 40.1 Å². The van der Waals surface area contributed by atoms with E-state index in [2.05, 4.69) is 9.97 Å². The summed E-state index contributed by atoms with van der Waals surface area (Å²) in [4.78, 5) is 22.9. The highest BCUT2D eigenvalue weighted by molar-refractivity contribution is 7.11. The van der Waals surface area contributed by atoms with E-state index in [0.29, 0.717) is 17.9 Å². The lowest BCUT2D eigenvalue weighted by atomic mass is 10.3. The predicted molar refractivity (Wildman–Crippen MR) is 71.3 cm³/mol. The number of hydrogen-bond donors (Lipinski definition) is 1. The Kier molecular flexibility index (Phi) is 3.57. The summed E-state index contributed by atoms with van der Waals surface area (Å²) in [6.07, 6.45) is 3.28. The molecular formula is C12H14N4OS. The van der Waals surface area contributed by atoms with Crippen LogP contribution in [-0.2, 0) is 6.54 Å². The number of hydrogen-bond acceptors (Lipinski definition) is 5. The summed E-state index contributed by atoms with van der Waals surface area (Å²) in [5.74, 6) is -0.124. The van der Waals surface area contributed by atoms with Gasteiger partial charge in [0.25, 0.3) is 5.91 Å². The van der Waals surface area contributed by atoms with Gasteiger partial charge in [-0.3, -0.25) is 4.79 Å². The molecule has 0 unspecified atom stereocenters. The zero-order chi connectivity index (χ0) is 13.1. The van der Waals surface area contributed by atoms with Crippen molar-refractivity contribution in [2.24, 2.45) is 0 Å². The van der Waals surface area contributed by atoms with Crippen molar-refractivity contribution >= 4 is 22.9 Å². The van der Waals surface area contributed by atoms with Gasteiger partial charge in [0.05, 0.1) is 23.4 Å². The van der Waals surface area contributed by atoms with E-state index in [9.17, 15) is 4.79 Å². The number of amides is 1. The maximum atomic E-state index is 12.1. The third-order valence-electron chi connectivity index (χ3n) is 2.41. The summed E-state index contributed by atoms with van der Waals surface area (Å²) in [5.41, 5.74) is 6.48.